The average Bonchev–Trinajstić information content (AvgIpc) is 2.98. The number of methoxy groups -OCH3 is 4. The van der Waals surface area contributed by atoms with E-state index >= 15 is 0 Å². The van der Waals surface area contributed by atoms with Crippen LogP contribution in [0.25, 0.3) is 0 Å². The van der Waals surface area contributed by atoms with Crippen molar-refractivity contribution < 1.29 is 18.9 Å². The number of hydrogen-bond acceptors (Lipinski definition) is 6. The minimum atomic E-state index is 0.685. The van der Waals surface area contributed by atoms with E-state index in [1.807, 2.05) is 73.1 Å². The van der Waals surface area contributed by atoms with Crippen molar-refractivity contribution in [1.82, 2.24) is 0 Å². The molecule has 0 aliphatic heterocycles. The summed E-state index contributed by atoms with van der Waals surface area (Å²) in [7, 11) is 6.50. The zero-order valence-electron chi connectivity index (χ0n) is 22.2. The van der Waals surface area contributed by atoms with Gasteiger partial charge in [-0.05, 0) is 95.8 Å². The summed E-state index contributed by atoms with van der Waals surface area (Å²) in [5.41, 5.74) is 6.24. The van der Waals surface area contributed by atoms with Crippen molar-refractivity contribution in [1.29, 1.82) is 0 Å². The Morgan fingerprint density at radius 3 is 1.18 bits per heavy atom. The predicted molar refractivity (Wildman–Crippen MR) is 154 cm³/mol. The summed E-state index contributed by atoms with van der Waals surface area (Å²) in [5, 5.41) is 0. The smallest absolute Gasteiger partial charge is 0.161 e. The molecule has 0 aliphatic rings. The molecule has 0 radical (unpaired) electrons. The maximum Gasteiger partial charge on any atom is 0.161 e. The Bertz CT molecular complexity index is 1290. The highest BCUT2D eigenvalue weighted by atomic mass is 16.5. The van der Waals surface area contributed by atoms with E-state index in [1.54, 1.807) is 28.4 Å². The molecular formula is C32H32N2O4. The fourth-order valence-corrected chi connectivity index (χ4v) is 3.95. The van der Waals surface area contributed by atoms with Crippen LogP contribution >= 0.6 is 0 Å². The number of hydrogen-bond donors (Lipinski definition) is 0. The molecule has 4 aromatic rings. The van der Waals surface area contributed by atoms with Crippen LogP contribution in [-0.4, -0.2) is 40.9 Å². The van der Waals surface area contributed by atoms with Crippen LogP contribution in [-0.2, 0) is 12.8 Å². The minimum absolute atomic E-state index is 0.685. The molecule has 0 atom stereocenters. The van der Waals surface area contributed by atoms with Gasteiger partial charge in [0.05, 0.1) is 39.8 Å². The first-order valence-electron chi connectivity index (χ1n) is 12.3. The van der Waals surface area contributed by atoms with E-state index in [0.29, 0.717) is 23.0 Å². The van der Waals surface area contributed by atoms with Crippen LogP contribution in [0.15, 0.2) is 94.9 Å². The van der Waals surface area contributed by atoms with Crippen LogP contribution in [0.2, 0.25) is 0 Å². The molecule has 0 saturated carbocycles. The highest BCUT2D eigenvalue weighted by Crippen LogP contribution is 2.28. The van der Waals surface area contributed by atoms with E-state index in [0.717, 1.165) is 35.3 Å². The molecule has 38 heavy (non-hydrogen) atoms. The first-order chi connectivity index (χ1) is 18.6. The number of rotatable bonds is 11. The molecular weight excluding hydrogens is 476 g/mol. The van der Waals surface area contributed by atoms with E-state index in [1.165, 1.54) is 11.1 Å². The quantitative estimate of drug-likeness (QED) is 0.205. The molecule has 0 aromatic heterocycles. The third kappa shape index (κ3) is 7.01. The molecule has 0 saturated heterocycles. The van der Waals surface area contributed by atoms with Gasteiger partial charge in [0.25, 0.3) is 0 Å². The van der Waals surface area contributed by atoms with E-state index in [9.17, 15) is 0 Å². The van der Waals surface area contributed by atoms with E-state index < -0.39 is 0 Å². The average molecular weight is 509 g/mol. The predicted octanol–water partition coefficient (Wildman–Crippen LogP) is 7.01. The molecule has 0 spiro atoms. The monoisotopic (exact) mass is 508 g/mol. The second-order valence-electron chi connectivity index (χ2n) is 8.58. The van der Waals surface area contributed by atoms with E-state index in [-0.39, 0.29) is 0 Å². The molecule has 0 aliphatic carbocycles. The first-order valence-corrected chi connectivity index (χ1v) is 12.3. The fraction of sp³-hybridized carbons (Fsp3) is 0.188. The van der Waals surface area contributed by atoms with Gasteiger partial charge in [0, 0.05) is 12.4 Å². The zero-order chi connectivity index (χ0) is 26.7. The van der Waals surface area contributed by atoms with Gasteiger partial charge in [-0.2, -0.15) is 0 Å². The van der Waals surface area contributed by atoms with Gasteiger partial charge < -0.3 is 18.9 Å². The summed E-state index contributed by atoms with van der Waals surface area (Å²) < 4.78 is 21.3. The molecule has 0 amide bonds. The summed E-state index contributed by atoms with van der Waals surface area (Å²) in [6.45, 7) is 0. The normalized spacial score (nSPS) is 11.2. The summed E-state index contributed by atoms with van der Waals surface area (Å²) in [5.74, 6) is 2.77. The van der Waals surface area contributed by atoms with Gasteiger partial charge in [0.1, 0.15) is 0 Å². The molecule has 194 valence electrons. The second-order valence-corrected chi connectivity index (χ2v) is 8.58. The molecule has 4 rings (SSSR count). The van der Waals surface area contributed by atoms with Gasteiger partial charge in [0.15, 0.2) is 23.0 Å². The number of benzene rings is 4. The van der Waals surface area contributed by atoms with Crippen molar-refractivity contribution in [2.45, 2.75) is 12.8 Å². The lowest BCUT2D eigenvalue weighted by molar-refractivity contribution is 0.355. The van der Waals surface area contributed by atoms with Crippen molar-refractivity contribution in [2.75, 3.05) is 28.4 Å². The standard InChI is InChI=1S/C32H32N2O4/c1-35-29-17-11-25(19-31(29)37-3)21-33-27-13-7-23(8-14-27)5-6-24-9-15-28(16-10-24)34-22-26-12-18-30(36-2)32(20-26)38-4/h7-22H,5-6H2,1-4H3. The third-order valence-corrected chi connectivity index (χ3v) is 6.12. The molecule has 0 heterocycles. The lowest BCUT2D eigenvalue weighted by Gasteiger charge is -2.07. The summed E-state index contributed by atoms with van der Waals surface area (Å²) in [6.07, 6.45) is 5.56. The lowest BCUT2D eigenvalue weighted by Crippen LogP contribution is -1.92. The van der Waals surface area contributed by atoms with Gasteiger partial charge in [-0.3, -0.25) is 9.98 Å². The lowest BCUT2D eigenvalue weighted by atomic mass is 10.0. The molecule has 0 unspecified atom stereocenters. The number of aliphatic imine (C=N–C) groups is 2. The van der Waals surface area contributed by atoms with Crippen LogP contribution in [0.3, 0.4) is 0 Å². The van der Waals surface area contributed by atoms with Crippen LogP contribution in [0, 0.1) is 0 Å². The largest absolute Gasteiger partial charge is 0.493 e. The minimum Gasteiger partial charge on any atom is -0.493 e. The van der Waals surface area contributed by atoms with Crippen molar-refractivity contribution in [3.05, 3.63) is 107 Å². The molecule has 4 aromatic carbocycles. The zero-order valence-corrected chi connectivity index (χ0v) is 22.2. The van der Waals surface area contributed by atoms with Crippen molar-refractivity contribution in [2.24, 2.45) is 9.98 Å². The highest BCUT2D eigenvalue weighted by Gasteiger charge is 2.04. The number of aryl methyl sites for hydroxylation is 2. The van der Waals surface area contributed by atoms with Crippen LogP contribution in [0.4, 0.5) is 11.4 Å². The maximum atomic E-state index is 5.36. The van der Waals surface area contributed by atoms with Crippen LogP contribution < -0.4 is 18.9 Å². The van der Waals surface area contributed by atoms with E-state index in [2.05, 4.69) is 34.3 Å². The highest BCUT2D eigenvalue weighted by molar-refractivity contribution is 5.83. The molecule has 6 heteroatoms. The molecule has 0 N–H and O–H groups in total. The van der Waals surface area contributed by atoms with Crippen molar-refractivity contribution in [3.8, 4) is 23.0 Å². The Kier molecular flexibility index (Phi) is 9.13. The SMILES string of the molecule is COc1ccc(C=Nc2ccc(CCc3ccc(N=Cc4ccc(OC)c(OC)c4)cc3)cc2)cc1OC. The summed E-state index contributed by atoms with van der Waals surface area (Å²) in [4.78, 5) is 9.17. The van der Waals surface area contributed by atoms with Crippen LogP contribution in [0.1, 0.15) is 22.3 Å². The molecule has 0 fully saturated rings. The van der Waals surface area contributed by atoms with Crippen molar-refractivity contribution in [3.63, 3.8) is 0 Å². The van der Waals surface area contributed by atoms with Gasteiger partial charge in [-0.15, -0.1) is 0 Å². The second kappa shape index (κ2) is 13.1. The topological polar surface area (TPSA) is 61.6 Å². The first kappa shape index (κ1) is 26.5. The number of ether oxygens (including phenoxy) is 4. The Morgan fingerprint density at radius 1 is 0.474 bits per heavy atom. The van der Waals surface area contributed by atoms with Gasteiger partial charge in [-0.25, -0.2) is 0 Å². The maximum absolute atomic E-state index is 5.36. The summed E-state index contributed by atoms with van der Waals surface area (Å²) >= 11 is 0. The van der Waals surface area contributed by atoms with Crippen LogP contribution in [0.5, 0.6) is 23.0 Å². The van der Waals surface area contributed by atoms with Gasteiger partial charge in [0.2, 0.25) is 0 Å². The number of nitrogens with zero attached hydrogens (tertiary/aromatic N) is 2. The van der Waals surface area contributed by atoms with Gasteiger partial charge >= 0.3 is 0 Å². The van der Waals surface area contributed by atoms with E-state index in [4.69, 9.17) is 18.9 Å². The van der Waals surface area contributed by atoms with Gasteiger partial charge in [-0.1, -0.05) is 24.3 Å². The van der Waals surface area contributed by atoms with Crippen molar-refractivity contribution >= 4 is 23.8 Å². The Labute approximate surface area is 224 Å². The Balaban J connectivity index is 1.31. The molecule has 0 bridgehead atoms. The third-order valence-electron chi connectivity index (χ3n) is 6.12. The Morgan fingerprint density at radius 2 is 0.842 bits per heavy atom. The molecule has 6 nitrogen and oxygen atoms in total. The fourth-order valence-electron chi connectivity index (χ4n) is 3.95. The Hall–Kier alpha value is -4.58. The summed E-state index contributed by atoms with van der Waals surface area (Å²) in [6, 6.07) is 28.1.